The summed E-state index contributed by atoms with van der Waals surface area (Å²) >= 11 is 0. The maximum absolute atomic E-state index is 13.6. The molecule has 0 spiro atoms. The van der Waals surface area contributed by atoms with Gasteiger partial charge in [-0.2, -0.15) is 0 Å². The van der Waals surface area contributed by atoms with Gasteiger partial charge in [0, 0.05) is 17.5 Å². The first kappa shape index (κ1) is 23.6. The van der Waals surface area contributed by atoms with E-state index in [1.54, 1.807) is 0 Å². The summed E-state index contributed by atoms with van der Waals surface area (Å²) in [5.74, 6) is 0.00508. The molecule has 30 heavy (non-hydrogen) atoms. The average molecular weight is 406 g/mol. The van der Waals surface area contributed by atoms with Crippen molar-refractivity contribution in [3.8, 4) is 0 Å². The van der Waals surface area contributed by atoms with E-state index in [1.807, 2.05) is 101 Å². The predicted octanol–water partition coefficient (Wildman–Crippen LogP) is 6.62. The molecule has 0 saturated carbocycles. The number of benzene rings is 2. The lowest BCUT2D eigenvalue weighted by atomic mass is 9.85. The lowest BCUT2D eigenvalue weighted by Crippen LogP contribution is -2.44. The number of hydrogen-bond acceptors (Lipinski definition) is 3. The normalized spacial score (nSPS) is 13.8. The third kappa shape index (κ3) is 6.69. The molecule has 0 aromatic heterocycles. The molecule has 160 valence electrons. The van der Waals surface area contributed by atoms with Crippen LogP contribution in [0.15, 0.2) is 77.8 Å². The van der Waals surface area contributed by atoms with Gasteiger partial charge in [0.1, 0.15) is 5.60 Å². The predicted molar refractivity (Wildman–Crippen MR) is 126 cm³/mol. The topological polar surface area (TPSA) is 38.7 Å². The summed E-state index contributed by atoms with van der Waals surface area (Å²) in [5.41, 5.74) is 1.22. The average Bonchev–Trinajstić information content (AvgIpc) is 2.69. The van der Waals surface area contributed by atoms with Gasteiger partial charge in [0.15, 0.2) is 5.54 Å². The third-order valence-electron chi connectivity index (χ3n) is 4.64. The van der Waals surface area contributed by atoms with Crippen LogP contribution in [0, 0.1) is 5.92 Å². The quantitative estimate of drug-likeness (QED) is 0.281. The molecule has 0 N–H and O–H groups in total. The van der Waals surface area contributed by atoms with Crippen molar-refractivity contribution in [1.29, 1.82) is 0 Å². The van der Waals surface area contributed by atoms with E-state index >= 15 is 0 Å². The Bertz CT molecular complexity index is 819. The van der Waals surface area contributed by atoms with Gasteiger partial charge in [0.25, 0.3) is 0 Å². The van der Waals surface area contributed by atoms with Crippen LogP contribution < -0.4 is 0 Å². The first-order valence-corrected chi connectivity index (χ1v) is 10.7. The second kappa shape index (κ2) is 10.4. The maximum Gasteiger partial charge on any atom is 0.334 e. The fraction of sp³-hybridized carbons (Fsp3) is 0.407. The molecule has 3 heteroatoms. The van der Waals surface area contributed by atoms with Crippen molar-refractivity contribution in [1.82, 2.24) is 0 Å². The van der Waals surface area contributed by atoms with Crippen molar-refractivity contribution in [2.75, 3.05) is 0 Å². The highest BCUT2D eigenvalue weighted by atomic mass is 16.6. The highest BCUT2D eigenvalue weighted by Gasteiger charge is 2.41. The van der Waals surface area contributed by atoms with Crippen LogP contribution in [0.1, 0.15) is 65.5 Å². The van der Waals surface area contributed by atoms with Gasteiger partial charge in [-0.15, -0.1) is 0 Å². The van der Waals surface area contributed by atoms with E-state index in [0.717, 1.165) is 16.8 Å². The number of carbonyl (C=O) groups excluding carboxylic acids is 1. The monoisotopic (exact) mass is 405 g/mol. The molecule has 0 heterocycles. The summed E-state index contributed by atoms with van der Waals surface area (Å²) in [6.45, 7) is 11.9. The Kier molecular flexibility index (Phi) is 8.16. The minimum atomic E-state index is -0.991. The van der Waals surface area contributed by atoms with Gasteiger partial charge in [-0.1, -0.05) is 86.7 Å². The van der Waals surface area contributed by atoms with Crippen molar-refractivity contribution >= 4 is 11.7 Å². The van der Waals surface area contributed by atoms with Crippen LogP contribution in [0.25, 0.3) is 0 Å². The second-order valence-electron chi connectivity index (χ2n) is 9.10. The molecule has 0 amide bonds. The molecule has 0 aliphatic heterocycles. The van der Waals surface area contributed by atoms with E-state index in [2.05, 4.69) is 13.8 Å². The summed E-state index contributed by atoms with van der Waals surface area (Å²) in [6.07, 6.45) is 5.10. The molecule has 3 nitrogen and oxygen atoms in total. The summed E-state index contributed by atoms with van der Waals surface area (Å²) in [5, 5.41) is 0. The first-order chi connectivity index (χ1) is 14.2. The van der Waals surface area contributed by atoms with Crippen molar-refractivity contribution in [2.45, 2.75) is 65.5 Å². The van der Waals surface area contributed by atoms with Crippen LogP contribution in [0.5, 0.6) is 0 Å². The van der Waals surface area contributed by atoms with Crippen LogP contribution in [0.3, 0.4) is 0 Å². The summed E-state index contributed by atoms with van der Waals surface area (Å²) in [7, 11) is 0. The van der Waals surface area contributed by atoms with Gasteiger partial charge in [-0.25, -0.2) is 4.79 Å². The van der Waals surface area contributed by atoms with Crippen molar-refractivity contribution in [2.24, 2.45) is 10.9 Å². The van der Waals surface area contributed by atoms with E-state index in [9.17, 15) is 4.79 Å². The van der Waals surface area contributed by atoms with E-state index in [1.165, 1.54) is 0 Å². The minimum absolute atomic E-state index is 0.272. The van der Waals surface area contributed by atoms with Crippen molar-refractivity contribution < 1.29 is 9.53 Å². The zero-order valence-corrected chi connectivity index (χ0v) is 19.2. The van der Waals surface area contributed by atoms with Crippen LogP contribution in [0.4, 0.5) is 0 Å². The number of aliphatic imine (C=N–C) groups is 1. The van der Waals surface area contributed by atoms with Gasteiger partial charge >= 0.3 is 5.97 Å². The number of carbonyl (C=O) groups is 1. The molecule has 0 saturated heterocycles. The van der Waals surface area contributed by atoms with Crippen LogP contribution in [-0.2, 0) is 9.53 Å². The number of rotatable bonds is 8. The largest absolute Gasteiger partial charge is 0.458 e. The lowest BCUT2D eigenvalue weighted by Gasteiger charge is -2.33. The third-order valence-corrected chi connectivity index (χ3v) is 4.64. The Labute approximate surface area is 181 Å². The SMILES string of the molecule is CC=CCC(CC(C)C)(N=C(c1ccccc1)c1ccccc1)C(=O)OC(C)(C)C. The molecule has 1 unspecified atom stereocenters. The van der Waals surface area contributed by atoms with E-state index in [4.69, 9.17) is 9.73 Å². The standard InChI is InChI=1S/C27H35NO2/c1-7-8-19-27(20-21(2)3,25(29)30-26(4,5)6)28-24(22-15-11-9-12-16-22)23-17-13-10-14-18-23/h7-18,21H,19-20H2,1-6H3. The van der Waals surface area contributed by atoms with Gasteiger partial charge in [0.2, 0.25) is 0 Å². The molecule has 1 atom stereocenters. The first-order valence-electron chi connectivity index (χ1n) is 10.7. The van der Waals surface area contributed by atoms with Gasteiger partial charge in [0.05, 0.1) is 5.71 Å². The lowest BCUT2D eigenvalue weighted by molar-refractivity contribution is -0.162. The zero-order chi connectivity index (χ0) is 22.2. The smallest absolute Gasteiger partial charge is 0.334 e. The molecule has 0 fully saturated rings. The molecular formula is C27H35NO2. The molecule has 2 rings (SSSR count). The number of allylic oxidation sites excluding steroid dienone is 1. The van der Waals surface area contributed by atoms with Crippen LogP contribution in [-0.4, -0.2) is 22.8 Å². The van der Waals surface area contributed by atoms with Crippen LogP contribution >= 0.6 is 0 Å². The minimum Gasteiger partial charge on any atom is -0.458 e. The summed E-state index contributed by atoms with van der Waals surface area (Å²) in [6, 6.07) is 20.1. The van der Waals surface area contributed by atoms with E-state index in [0.29, 0.717) is 12.8 Å². The Hall–Kier alpha value is -2.68. The molecule has 2 aromatic rings. The molecule has 0 radical (unpaired) electrons. The number of ether oxygens (including phenoxy) is 1. The molecule has 0 aliphatic rings. The van der Waals surface area contributed by atoms with Crippen molar-refractivity contribution in [3.63, 3.8) is 0 Å². The Balaban J connectivity index is 2.73. The fourth-order valence-corrected chi connectivity index (χ4v) is 3.45. The molecule has 2 aromatic carbocycles. The fourth-order valence-electron chi connectivity index (χ4n) is 3.45. The highest BCUT2D eigenvalue weighted by molar-refractivity contribution is 6.13. The van der Waals surface area contributed by atoms with E-state index < -0.39 is 11.1 Å². The molecular weight excluding hydrogens is 370 g/mol. The van der Waals surface area contributed by atoms with Gasteiger partial charge < -0.3 is 4.74 Å². The van der Waals surface area contributed by atoms with Gasteiger partial charge in [-0.05, 0) is 40.0 Å². The molecule has 0 aliphatic carbocycles. The van der Waals surface area contributed by atoms with Crippen molar-refractivity contribution in [3.05, 3.63) is 83.9 Å². The van der Waals surface area contributed by atoms with Gasteiger partial charge in [-0.3, -0.25) is 4.99 Å². The maximum atomic E-state index is 13.6. The number of nitrogens with zero attached hydrogens (tertiary/aromatic N) is 1. The number of hydrogen-bond donors (Lipinski definition) is 0. The zero-order valence-electron chi connectivity index (χ0n) is 19.2. The Morgan fingerprint density at radius 2 is 1.47 bits per heavy atom. The Morgan fingerprint density at radius 3 is 1.87 bits per heavy atom. The summed E-state index contributed by atoms with van der Waals surface area (Å²) < 4.78 is 5.89. The Morgan fingerprint density at radius 1 is 0.967 bits per heavy atom. The highest BCUT2D eigenvalue weighted by Crippen LogP contribution is 2.32. The van der Waals surface area contributed by atoms with Crippen LogP contribution in [0.2, 0.25) is 0 Å². The molecule has 0 bridgehead atoms. The van der Waals surface area contributed by atoms with E-state index in [-0.39, 0.29) is 11.9 Å². The number of esters is 1. The summed E-state index contributed by atoms with van der Waals surface area (Å²) in [4.78, 5) is 18.8. The second-order valence-corrected chi connectivity index (χ2v) is 9.10.